The Morgan fingerprint density at radius 2 is 1.77 bits per heavy atom. The number of hydrogen-bond acceptors (Lipinski definition) is 6. The van der Waals surface area contributed by atoms with E-state index < -0.39 is 11.3 Å². The number of methoxy groups -OCH3 is 3. The predicted octanol–water partition coefficient (Wildman–Crippen LogP) is 2.31. The van der Waals surface area contributed by atoms with Crippen LogP contribution in [-0.2, 0) is 22.6 Å². The van der Waals surface area contributed by atoms with E-state index >= 15 is 0 Å². The van der Waals surface area contributed by atoms with Gasteiger partial charge in [-0.05, 0) is 24.1 Å². The summed E-state index contributed by atoms with van der Waals surface area (Å²) in [6, 6.07) is 9.14. The third kappa shape index (κ3) is 5.41. The lowest BCUT2D eigenvalue weighted by atomic mass is 10.1. The Hall–Kier alpha value is -2.94. The van der Waals surface area contributed by atoms with E-state index in [1.54, 1.807) is 30.3 Å². The highest BCUT2D eigenvalue weighted by atomic mass is 32.2. The second kappa shape index (κ2) is 10.4. The number of carbonyl (C=O) groups is 2. The molecule has 1 aliphatic rings. The van der Waals surface area contributed by atoms with Gasteiger partial charge in [0, 0.05) is 23.9 Å². The second-order valence-electron chi connectivity index (χ2n) is 6.92. The molecule has 1 aliphatic heterocycles. The van der Waals surface area contributed by atoms with Gasteiger partial charge in [-0.1, -0.05) is 18.2 Å². The van der Waals surface area contributed by atoms with Crippen LogP contribution in [0.1, 0.15) is 11.1 Å². The maximum atomic E-state index is 13.9. The molecule has 2 aromatic carbocycles. The molecule has 2 atom stereocenters. The van der Waals surface area contributed by atoms with Crippen LogP contribution in [0.25, 0.3) is 0 Å². The Bertz CT molecular complexity index is 955. The first kappa shape index (κ1) is 22.7. The van der Waals surface area contributed by atoms with E-state index in [2.05, 4.69) is 10.6 Å². The number of nitrogens with one attached hydrogen (secondary N) is 2. The van der Waals surface area contributed by atoms with E-state index in [1.807, 2.05) is 0 Å². The normalized spacial score (nSPS) is 18.1. The van der Waals surface area contributed by atoms with Crippen molar-refractivity contribution in [2.45, 2.75) is 24.3 Å². The lowest BCUT2D eigenvalue weighted by Crippen LogP contribution is -2.54. The van der Waals surface area contributed by atoms with Crippen molar-refractivity contribution in [1.29, 1.82) is 0 Å². The molecule has 166 valence electrons. The van der Waals surface area contributed by atoms with Gasteiger partial charge in [0.1, 0.15) is 17.6 Å². The van der Waals surface area contributed by atoms with Crippen molar-refractivity contribution < 1.29 is 28.2 Å². The lowest BCUT2D eigenvalue weighted by Gasteiger charge is -2.28. The maximum Gasteiger partial charge on any atom is 0.243 e. The number of halogens is 1. The van der Waals surface area contributed by atoms with Crippen molar-refractivity contribution >= 4 is 23.6 Å². The van der Waals surface area contributed by atoms with E-state index in [-0.39, 0.29) is 30.6 Å². The van der Waals surface area contributed by atoms with Gasteiger partial charge in [-0.3, -0.25) is 9.59 Å². The molecule has 9 heteroatoms. The summed E-state index contributed by atoms with van der Waals surface area (Å²) in [4.78, 5) is 25.1. The van der Waals surface area contributed by atoms with Gasteiger partial charge in [0.2, 0.25) is 11.8 Å². The fraction of sp³-hybridized carbons (Fsp3) is 0.364. The van der Waals surface area contributed by atoms with Gasteiger partial charge in [-0.25, -0.2) is 4.39 Å². The van der Waals surface area contributed by atoms with Crippen LogP contribution in [0.15, 0.2) is 36.4 Å². The molecular formula is C22H25FN2O5S. The Labute approximate surface area is 184 Å². The summed E-state index contributed by atoms with van der Waals surface area (Å²) in [5.74, 6) is 1.08. The zero-order chi connectivity index (χ0) is 22.4. The van der Waals surface area contributed by atoms with E-state index in [9.17, 15) is 14.0 Å². The molecule has 1 heterocycles. The quantitative estimate of drug-likeness (QED) is 0.645. The number of benzene rings is 2. The van der Waals surface area contributed by atoms with Crippen LogP contribution in [0.2, 0.25) is 0 Å². The third-order valence-corrected chi connectivity index (χ3v) is 6.30. The number of thioether (sulfide) groups is 1. The zero-order valence-corrected chi connectivity index (χ0v) is 18.4. The molecule has 2 aromatic rings. The number of ether oxygens (including phenoxy) is 3. The van der Waals surface area contributed by atoms with Crippen molar-refractivity contribution in [1.82, 2.24) is 10.6 Å². The topological polar surface area (TPSA) is 85.9 Å². The van der Waals surface area contributed by atoms with Crippen LogP contribution < -0.4 is 24.8 Å². The van der Waals surface area contributed by atoms with Gasteiger partial charge >= 0.3 is 0 Å². The van der Waals surface area contributed by atoms with Gasteiger partial charge in [-0.15, -0.1) is 11.8 Å². The Kier molecular flexibility index (Phi) is 7.62. The van der Waals surface area contributed by atoms with Crippen molar-refractivity contribution in [2.24, 2.45) is 0 Å². The van der Waals surface area contributed by atoms with Crippen LogP contribution in [0, 0.1) is 5.82 Å². The largest absolute Gasteiger partial charge is 0.496 e. The van der Waals surface area contributed by atoms with Crippen molar-refractivity contribution in [3.05, 3.63) is 53.3 Å². The summed E-state index contributed by atoms with van der Waals surface area (Å²) in [7, 11) is 4.58. The fourth-order valence-electron chi connectivity index (χ4n) is 3.29. The number of hydrogen-bond donors (Lipinski definition) is 2. The van der Waals surface area contributed by atoms with Crippen molar-refractivity contribution in [2.75, 3.05) is 27.1 Å². The highest BCUT2D eigenvalue weighted by Gasteiger charge is 2.32. The summed E-state index contributed by atoms with van der Waals surface area (Å²) >= 11 is 1.35. The van der Waals surface area contributed by atoms with Crippen LogP contribution in [0.5, 0.6) is 17.2 Å². The Morgan fingerprint density at radius 3 is 2.42 bits per heavy atom. The molecule has 2 amide bonds. The number of rotatable bonds is 8. The zero-order valence-electron chi connectivity index (χ0n) is 17.6. The van der Waals surface area contributed by atoms with Crippen LogP contribution >= 0.6 is 11.8 Å². The average Bonchev–Trinajstić information content (AvgIpc) is 2.79. The van der Waals surface area contributed by atoms with Gasteiger partial charge in [0.05, 0.1) is 26.6 Å². The highest BCUT2D eigenvalue weighted by Crippen LogP contribution is 2.34. The van der Waals surface area contributed by atoms with E-state index in [0.717, 1.165) is 0 Å². The molecule has 1 fully saturated rings. The molecule has 0 saturated carbocycles. The smallest absolute Gasteiger partial charge is 0.243 e. The van der Waals surface area contributed by atoms with E-state index in [1.165, 1.54) is 39.2 Å². The Balaban J connectivity index is 1.59. The summed E-state index contributed by atoms with van der Waals surface area (Å²) in [6.07, 6.45) is 0.278. The van der Waals surface area contributed by atoms with Gasteiger partial charge in [-0.2, -0.15) is 0 Å². The summed E-state index contributed by atoms with van der Waals surface area (Å²) in [5, 5.41) is 5.13. The van der Waals surface area contributed by atoms with Crippen LogP contribution in [0.4, 0.5) is 4.39 Å². The summed E-state index contributed by atoms with van der Waals surface area (Å²) in [6.45, 7) is 0.193. The van der Waals surface area contributed by atoms with Crippen molar-refractivity contribution in [3.8, 4) is 17.2 Å². The molecule has 0 aromatic heterocycles. The predicted molar refractivity (Wildman–Crippen MR) is 116 cm³/mol. The van der Waals surface area contributed by atoms with Crippen LogP contribution in [-0.4, -0.2) is 50.2 Å². The average molecular weight is 449 g/mol. The molecule has 7 nitrogen and oxygen atoms in total. The lowest BCUT2D eigenvalue weighted by molar-refractivity contribution is -0.128. The molecule has 2 N–H and O–H groups in total. The molecule has 2 unspecified atom stereocenters. The standard InChI is InChI=1S/C22H25FN2O5S/c1-28-17-10-19(30-3)18(29-2)8-14(17)11-24-21(26)16-12-31-20(22(27)25-16)9-13-6-4-5-7-15(13)23/h4-8,10,16,20H,9,11-12H2,1-3H3,(H,24,26)(H,25,27). The molecule has 3 rings (SSSR count). The first-order chi connectivity index (χ1) is 15.0. The monoisotopic (exact) mass is 448 g/mol. The molecule has 31 heavy (non-hydrogen) atoms. The van der Waals surface area contributed by atoms with Crippen molar-refractivity contribution in [3.63, 3.8) is 0 Å². The minimum atomic E-state index is -0.666. The maximum absolute atomic E-state index is 13.9. The SMILES string of the molecule is COc1cc(OC)c(OC)cc1CNC(=O)C1CSC(Cc2ccccc2F)C(=O)N1. The third-order valence-electron chi connectivity index (χ3n) is 4.99. The molecule has 0 radical (unpaired) electrons. The first-order valence-electron chi connectivity index (χ1n) is 9.68. The molecule has 0 aliphatic carbocycles. The molecular weight excluding hydrogens is 423 g/mol. The first-order valence-corrected chi connectivity index (χ1v) is 10.7. The van der Waals surface area contributed by atoms with Crippen LogP contribution in [0.3, 0.4) is 0 Å². The second-order valence-corrected chi connectivity index (χ2v) is 8.15. The minimum Gasteiger partial charge on any atom is -0.496 e. The molecule has 0 bridgehead atoms. The number of amides is 2. The van der Waals surface area contributed by atoms with E-state index in [4.69, 9.17) is 14.2 Å². The molecule has 0 spiro atoms. The summed E-state index contributed by atoms with van der Waals surface area (Å²) in [5.41, 5.74) is 1.19. The number of carbonyl (C=O) groups excluding carboxylic acids is 2. The molecule has 1 saturated heterocycles. The van der Waals surface area contributed by atoms with E-state index in [0.29, 0.717) is 34.1 Å². The summed E-state index contributed by atoms with van der Waals surface area (Å²) < 4.78 is 29.8. The van der Waals surface area contributed by atoms with Gasteiger partial charge in [0.25, 0.3) is 0 Å². The van der Waals surface area contributed by atoms with Gasteiger partial charge in [0.15, 0.2) is 11.5 Å². The fourth-order valence-corrected chi connectivity index (χ4v) is 4.46. The highest BCUT2D eigenvalue weighted by molar-refractivity contribution is 8.00. The van der Waals surface area contributed by atoms with Gasteiger partial charge < -0.3 is 24.8 Å². The Morgan fingerprint density at radius 1 is 1.10 bits per heavy atom. The minimum absolute atomic E-state index is 0.193.